The van der Waals surface area contributed by atoms with E-state index in [9.17, 15) is 9.59 Å². The van der Waals surface area contributed by atoms with Gasteiger partial charge in [-0.2, -0.15) is 0 Å². The van der Waals surface area contributed by atoms with E-state index in [-0.39, 0.29) is 6.61 Å². The zero-order valence-corrected chi connectivity index (χ0v) is 10.9. The molecule has 0 aromatic heterocycles. The predicted molar refractivity (Wildman–Crippen MR) is 66.9 cm³/mol. The van der Waals surface area contributed by atoms with E-state index in [2.05, 4.69) is 4.74 Å². The Morgan fingerprint density at radius 2 is 1.72 bits per heavy atom. The lowest BCUT2D eigenvalue weighted by Crippen LogP contribution is -2.36. The van der Waals surface area contributed by atoms with Gasteiger partial charge in [-0.15, -0.1) is 0 Å². The molecule has 1 rings (SSSR count). The first-order valence-corrected chi connectivity index (χ1v) is 5.78. The van der Waals surface area contributed by atoms with Crippen molar-refractivity contribution in [3.63, 3.8) is 0 Å². The molecule has 0 radical (unpaired) electrons. The summed E-state index contributed by atoms with van der Waals surface area (Å²) >= 11 is 0. The van der Waals surface area contributed by atoms with E-state index in [1.54, 1.807) is 0 Å². The molecule has 0 fully saturated rings. The van der Waals surface area contributed by atoms with Crippen molar-refractivity contribution in [2.24, 2.45) is 5.41 Å². The average molecular weight is 250 g/mol. The average Bonchev–Trinajstić information content (AvgIpc) is 2.38. The third-order valence-electron chi connectivity index (χ3n) is 2.67. The largest absolute Gasteiger partial charge is 0.468 e. The van der Waals surface area contributed by atoms with E-state index in [1.165, 1.54) is 21.0 Å². The van der Waals surface area contributed by atoms with Gasteiger partial charge in [0.2, 0.25) is 0 Å². The third kappa shape index (κ3) is 3.58. The Labute approximate surface area is 107 Å². The summed E-state index contributed by atoms with van der Waals surface area (Å²) in [5.74, 6) is -1.16. The molecule has 0 N–H and O–H groups in total. The van der Waals surface area contributed by atoms with Crippen molar-refractivity contribution in [2.45, 2.75) is 20.3 Å². The molecular weight excluding hydrogens is 232 g/mol. The number of carbonyl (C=O) groups excluding carboxylic acids is 2. The number of hydrogen-bond acceptors (Lipinski definition) is 4. The molecule has 18 heavy (non-hydrogen) atoms. The quantitative estimate of drug-likeness (QED) is 0.592. The second-order valence-corrected chi connectivity index (χ2v) is 4.49. The van der Waals surface area contributed by atoms with Gasteiger partial charge in [0.05, 0.1) is 13.7 Å². The molecule has 4 nitrogen and oxygen atoms in total. The van der Waals surface area contributed by atoms with Gasteiger partial charge in [-0.25, -0.2) is 0 Å². The van der Waals surface area contributed by atoms with Crippen LogP contribution in [0.1, 0.15) is 19.4 Å². The number of benzene rings is 1. The summed E-state index contributed by atoms with van der Waals surface area (Å²) in [6, 6.07) is 9.69. The van der Waals surface area contributed by atoms with Crippen LogP contribution >= 0.6 is 0 Å². The summed E-state index contributed by atoms with van der Waals surface area (Å²) < 4.78 is 9.65. The monoisotopic (exact) mass is 250 g/mol. The van der Waals surface area contributed by atoms with E-state index in [1.807, 2.05) is 30.3 Å². The van der Waals surface area contributed by atoms with Gasteiger partial charge >= 0.3 is 11.9 Å². The van der Waals surface area contributed by atoms with Gasteiger partial charge in [-0.05, 0) is 19.4 Å². The highest BCUT2D eigenvalue weighted by Crippen LogP contribution is 2.19. The van der Waals surface area contributed by atoms with Crippen LogP contribution in [0.25, 0.3) is 0 Å². The number of esters is 2. The zero-order chi connectivity index (χ0) is 13.6. The normalized spacial score (nSPS) is 10.8. The first-order valence-electron chi connectivity index (χ1n) is 5.78. The van der Waals surface area contributed by atoms with Gasteiger partial charge < -0.3 is 9.47 Å². The fraction of sp³-hybridized carbons (Fsp3) is 0.429. The summed E-state index contributed by atoms with van der Waals surface area (Å²) in [7, 11) is 1.25. The number of hydrogen-bond donors (Lipinski definition) is 0. The van der Waals surface area contributed by atoms with Crippen molar-refractivity contribution in [2.75, 3.05) is 13.7 Å². The van der Waals surface area contributed by atoms with Crippen molar-refractivity contribution >= 4 is 11.9 Å². The van der Waals surface area contributed by atoms with Gasteiger partial charge in [0.25, 0.3) is 0 Å². The lowest BCUT2D eigenvalue weighted by molar-refractivity contribution is -0.168. The van der Waals surface area contributed by atoms with E-state index in [0.29, 0.717) is 6.42 Å². The van der Waals surface area contributed by atoms with Gasteiger partial charge in [0, 0.05) is 6.42 Å². The van der Waals surface area contributed by atoms with Crippen molar-refractivity contribution in [3.05, 3.63) is 35.9 Å². The lowest BCUT2D eigenvalue weighted by Gasteiger charge is -2.19. The molecule has 0 aliphatic carbocycles. The highest BCUT2D eigenvalue weighted by atomic mass is 16.6. The van der Waals surface area contributed by atoms with Gasteiger partial charge in [0.1, 0.15) is 0 Å². The Morgan fingerprint density at radius 1 is 1.11 bits per heavy atom. The van der Waals surface area contributed by atoms with Crippen molar-refractivity contribution in [3.8, 4) is 0 Å². The Hall–Kier alpha value is -1.84. The minimum atomic E-state index is -1.26. The standard InChI is InChI=1S/C14H18O4/c1-14(2,12(15)17-3)13(16)18-10-9-11-7-5-4-6-8-11/h4-8H,9-10H2,1-3H3. The first kappa shape index (κ1) is 14.2. The van der Waals surface area contributed by atoms with Gasteiger partial charge in [-0.1, -0.05) is 30.3 Å². The lowest BCUT2D eigenvalue weighted by atomic mass is 9.94. The number of ether oxygens (including phenoxy) is 2. The smallest absolute Gasteiger partial charge is 0.322 e. The summed E-state index contributed by atoms with van der Waals surface area (Å²) in [5.41, 5.74) is -0.174. The van der Waals surface area contributed by atoms with Crippen LogP contribution in [0.5, 0.6) is 0 Å². The fourth-order valence-corrected chi connectivity index (χ4v) is 1.43. The Balaban J connectivity index is 2.44. The molecule has 1 aromatic rings. The maximum absolute atomic E-state index is 11.7. The summed E-state index contributed by atoms with van der Waals surface area (Å²) in [6.45, 7) is 3.23. The molecule has 0 bridgehead atoms. The molecule has 0 heterocycles. The maximum atomic E-state index is 11.7. The minimum Gasteiger partial charge on any atom is -0.468 e. The number of methoxy groups -OCH3 is 1. The van der Waals surface area contributed by atoms with Crippen molar-refractivity contribution in [1.29, 1.82) is 0 Å². The number of rotatable bonds is 5. The predicted octanol–water partition coefficient (Wildman–Crippen LogP) is 1.97. The van der Waals surface area contributed by atoms with Crippen molar-refractivity contribution < 1.29 is 19.1 Å². The molecule has 4 heteroatoms. The maximum Gasteiger partial charge on any atom is 0.322 e. The highest BCUT2D eigenvalue weighted by Gasteiger charge is 2.38. The minimum absolute atomic E-state index is 0.253. The Bertz CT molecular complexity index is 409. The topological polar surface area (TPSA) is 52.6 Å². The van der Waals surface area contributed by atoms with E-state index in [4.69, 9.17) is 4.74 Å². The van der Waals surface area contributed by atoms with Crippen LogP contribution < -0.4 is 0 Å². The SMILES string of the molecule is COC(=O)C(C)(C)C(=O)OCCc1ccccc1. The molecule has 0 amide bonds. The van der Waals surface area contributed by atoms with Gasteiger partial charge in [-0.3, -0.25) is 9.59 Å². The first-order chi connectivity index (χ1) is 8.48. The van der Waals surface area contributed by atoms with E-state index in [0.717, 1.165) is 5.56 Å². The van der Waals surface area contributed by atoms with E-state index < -0.39 is 17.4 Å². The molecular formula is C14H18O4. The second kappa shape index (κ2) is 6.19. The highest BCUT2D eigenvalue weighted by molar-refractivity contribution is 5.99. The molecule has 0 saturated heterocycles. The van der Waals surface area contributed by atoms with Crippen LogP contribution in [0.2, 0.25) is 0 Å². The Morgan fingerprint density at radius 3 is 2.28 bits per heavy atom. The Kier molecular flexibility index (Phi) is 4.89. The molecule has 0 spiro atoms. The zero-order valence-electron chi connectivity index (χ0n) is 10.9. The molecule has 0 aliphatic heterocycles. The molecule has 0 atom stereocenters. The summed E-state index contributed by atoms with van der Waals surface area (Å²) in [4.78, 5) is 23.1. The fourth-order valence-electron chi connectivity index (χ4n) is 1.43. The molecule has 0 saturated carbocycles. The second-order valence-electron chi connectivity index (χ2n) is 4.49. The van der Waals surface area contributed by atoms with Gasteiger partial charge in [0.15, 0.2) is 5.41 Å². The van der Waals surface area contributed by atoms with Crippen LogP contribution in [0, 0.1) is 5.41 Å². The number of carbonyl (C=O) groups is 2. The molecule has 98 valence electrons. The van der Waals surface area contributed by atoms with Crippen LogP contribution in [0.4, 0.5) is 0 Å². The van der Waals surface area contributed by atoms with Crippen LogP contribution in [0.3, 0.4) is 0 Å². The summed E-state index contributed by atoms with van der Waals surface area (Å²) in [5, 5.41) is 0. The van der Waals surface area contributed by atoms with E-state index >= 15 is 0 Å². The molecule has 0 unspecified atom stereocenters. The molecule has 1 aromatic carbocycles. The van der Waals surface area contributed by atoms with Crippen molar-refractivity contribution in [1.82, 2.24) is 0 Å². The summed E-state index contributed by atoms with van der Waals surface area (Å²) in [6.07, 6.45) is 0.629. The molecule has 0 aliphatic rings. The van der Waals surface area contributed by atoms with Crippen LogP contribution in [-0.4, -0.2) is 25.7 Å². The third-order valence-corrected chi connectivity index (χ3v) is 2.67. The van der Waals surface area contributed by atoms with Crippen LogP contribution in [-0.2, 0) is 25.5 Å². The van der Waals surface area contributed by atoms with Crippen LogP contribution in [0.15, 0.2) is 30.3 Å².